The molecule has 0 aliphatic rings. The van der Waals surface area contributed by atoms with Crippen LogP contribution in [-0.2, 0) is 9.84 Å². The summed E-state index contributed by atoms with van der Waals surface area (Å²) in [5.74, 6) is 1.09. The predicted octanol–water partition coefficient (Wildman–Crippen LogP) is 1.90. The van der Waals surface area contributed by atoms with Gasteiger partial charge in [-0.1, -0.05) is 13.0 Å². The fourth-order valence-electron chi connectivity index (χ4n) is 1.36. The van der Waals surface area contributed by atoms with Crippen molar-refractivity contribution < 1.29 is 18.3 Å². The Morgan fingerprint density at radius 1 is 1.35 bits per heavy atom. The van der Waals surface area contributed by atoms with Crippen molar-refractivity contribution in [1.29, 1.82) is 0 Å². The predicted molar refractivity (Wildman–Crippen MR) is 67.3 cm³/mol. The Balaban J connectivity index is 2.44. The number of hydrogen-bond acceptors (Lipinski definition) is 4. The Bertz CT molecular complexity index is 465. The minimum Gasteiger partial charge on any atom is -0.508 e. The first-order valence-corrected chi connectivity index (χ1v) is 7.40. The molecular formula is C12H18O4S. The summed E-state index contributed by atoms with van der Waals surface area (Å²) in [6, 6.07) is 5.04. The maximum Gasteiger partial charge on any atom is 0.150 e. The molecule has 1 aromatic rings. The third kappa shape index (κ3) is 4.26. The highest BCUT2D eigenvalue weighted by Gasteiger charge is 2.08. The first-order valence-electron chi connectivity index (χ1n) is 5.58. The zero-order valence-electron chi connectivity index (χ0n) is 10.1. The van der Waals surface area contributed by atoms with Crippen LogP contribution >= 0.6 is 0 Å². The summed E-state index contributed by atoms with van der Waals surface area (Å²) in [5.41, 5.74) is 0.672. The quantitative estimate of drug-likeness (QED) is 0.792. The SMILES string of the molecule is CCS(=O)(=O)CCCOc1cccc(O)c1C. The van der Waals surface area contributed by atoms with Crippen molar-refractivity contribution in [3.05, 3.63) is 23.8 Å². The van der Waals surface area contributed by atoms with Gasteiger partial charge in [0.1, 0.15) is 21.3 Å². The number of rotatable bonds is 6. The summed E-state index contributed by atoms with van der Waals surface area (Å²) in [6.45, 7) is 3.73. The van der Waals surface area contributed by atoms with Crippen molar-refractivity contribution in [3.8, 4) is 11.5 Å². The lowest BCUT2D eigenvalue weighted by molar-refractivity contribution is 0.313. The van der Waals surface area contributed by atoms with E-state index >= 15 is 0 Å². The molecule has 0 amide bonds. The number of phenols is 1. The second kappa shape index (κ2) is 5.91. The first kappa shape index (κ1) is 13.8. The second-order valence-electron chi connectivity index (χ2n) is 3.84. The van der Waals surface area contributed by atoms with Gasteiger partial charge in [-0.05, 0) is 25.5 Å². The Hall–Kier alpha value is -1.23. The Morgan fingerprint density at radius 3 is 2.71 bits per heavy atom. The molecule has 0 spiro atoms. The van der Waals surface area contributed by atoms with Gasteiger partial charge in [0.05, 0.1) is 12.4 Å². The molecule has 0 radical (unpaired) electrons. The molecule has 0 bridgehead atoms. The van der Waals surface area contributed by atoms with Gasteiger partial charge in [-0.3, -0.25) is 0 Å². The Kier molecular flexibility index (Phi) is 4.81. The smallest absolute Gasteiger partial charge is 0.150 e. The maximum atomic E-state index is 11.2. The molecule has 0 saturated heterocycles. The number of benzene rings is 1. The van der Waals surface area contributed by atoms with E-state index in [9.17, 15) is 13.5 Å². The summed E-state index contributed by atoms with van der Waals surface area (Å²) in [6.07, 6.45) is 0.464. The number of ether oxygens (including phenoxy) is 1. The summed E-state index contributed by atoms with van der Waals surface area (Å²) in [4.78, 5) is 0. The molecule has 0 atom stereocenters. The topological polar surface area (TPSA) is 63.6 Å². The fraction of sp³-hybridized carbons (Fsp3) is 0.500. The van der Waals surface area contributed by atoms with Crippen LogP contribution in [-0.4, -0.2) is 31.6 Å². The van der Waals surface area contributed by atoms with Gasteiger partial charge >= 0.3 is 0 Å². The molecule has 1 aromatic carbocycles. The van der Waals surface area contributed by atoms with Gasteiger partial charge < -0.3 is 9.84 Å². The molecule has 0 aromatic heterocycles. The van der Waals surface area contributed by atoms with Crippen LogP contribution < -0.4 is 4.74 Å². The molecule has 0 heterocycles. The minimum atomic E-state index is -2.92. The molecule has 0 aliphatic heterocycles. The zero-order chi connectivity index (χ0) is 12.9. The van der Waals surface area contributed by atoms with E-state index in [1.54, 1.807) is 32.0 Å². The molecule has 1 N–H and O–H groups in total. The third-order valence-corrected chi connectivity index (χ3v) is 4.34. The van der Waals surface area contributed by atoms with Gasteiger partial charge in [-0.25, -0.2) is 8.42 Å². The van der Waals surface area contributed by atoms with Crippen LogP contribution in [0.3, 0.4) is 0 Å². The van der Waals surface area contributed by atoms with Crippen molar-refractivity contribution in [2.24, 2.45) is 0 Å². The number of sulfone groups is 1. The summed E-state index contributed by atoms with van der Waals surface area (Å²) in [7, 11) is -2.92. The molecular weight excluding hydrogens is 240 g/mol. The summed E-state index contributed by atoms with van der Waals surface area (Å²) in [5, 5.41) is 9.45. The largest absolute Gasteiger partial charge is 0.508 e. The normalized spacial score (nSPS) is 11.4. The van der Waals surface area contributed by atoms with Crippen LogP contribution in [0, 0.1) is 6.92 Å². The van der Waals surface area contributed by atoms with Crippen molar-refractivity contribution >= 4 is 9.84 Å². The van der Waals surface area contributed by atoms with Crippen molar-refractivity contribution in [3.63, 3.8) is 0 Å². The number of aromatic hydroxyl groups is 1. The molecule has 5 heteroatoms. The van der Waals surface area contributed by atoms with Crippen LogP contribution in [0.25, 0.3) is 0 Å². The standard InChI is InChI=1S/C12H18O4S/c1-3-17(14,15)9-5-8-16-12-7-4-6-11(13)10(12)2/h4,6-7,13H,3,5,8-9H2,1-2H3. The average molecular weight is 258 g/mol. The lowest BCUT2D eigenvalue weighted by atomic mass is 10.2. The number of hydrogen-bond donors (Lipinski definition) is 1. The maximum absolute atomic E-state index is 11.2. The lowest BCUT2D eigenvalue weighted by Gasteiger charge is -2.09. The van der Waals surface area contributed by atoms with Crippen molar-refractivity contribution in [1.82, 2.24) is 0 Å². The molecule has 0 unspecified atom stereocenters. The Morgan fingerprint density at radius 2 is 2.06 bits per heavy atom. The van der Waals surface area contributed by atoms with Gasteiger partial charge in [-0.15, -0.1) is 0 Å². The highest BCUT2D eigenvalue weighted by molar-refractivity contribution is 7.91. The van der Waals surface area contributed by atoms with Crippen LogP contribution in [0.15, 0.2) is 18.2 Å². The van der Waals surface area contributed by atoms with Crippen LogP contribution in [0.5, 0.6) is 11.5 Å². The molecule has 17 heavy (non-hydrogen) atoms. The van der Waals surface area contributed by atoms with E-state index in [1.807, 2.05) is 0 Å². The van der Waals surface area contributed by atoms with Gasteiger partial charge in [-0.2, -0.15) is 0 Å². The molecule has 0 fully saturated rings. The fourth-order valence-corrected chi connectivity index (χ4v) is 2.21. The van der Waals surface area contributed by atoms with Crippen molar-refractivity contribution in [2.45, 2.75) is 20.3 Å². The zero-order valence-corrected chi connectivity index (χ0v) is 11.0. The summed E-state index contributed by atoms with van der Waals surface area (Å²) >= 11 is 0. The van der Waals surface area contributed by atoms with E-state index in [2.05, 4.69) is 0 Å². The first-order chi connectivity index (χ1) is 7.96. The van der Waals surface area contributed by atoms with E-state index in [0.717, 1.165) is 0 Å². The van der Waals surface area contributed by atoms with Gasteiger partial charge in [0.2, 0.25) is 0 Å². The highest BCUT2D eigenvalue weighted by atomic mass is 32.2. The monoisotopic (exact) mass is 258 g/mol. The van der Waals surface area contributed by atoms with E-state index < -0.39 is 9.84 Å². The highest BCUT2D eigenvalue weighted by Crippen LogP contribution is 2.25. The van der Waals surface area contributed by atoms with Crippen LogP contribution in [0.2, 0.25) is 0 Å². The molecule has 1 rings (SSSR count). The van der Waals surface area contributed by atoms with Crippen LogP contribution in [0.4, 0.5) is 0 Å². The summed E-state index contributed by atoms with van der Waals surface area (Å²) < 4.78 is 27.9. The van der Waals surface area contributed by atoms with E-state index in [4.69, 9.17) is 4.74 Å². The van der Waals surface area contributed by atoms with Crippen LogP contribution in [0.1, 0.15) is 18.9 Å². The second-order valence-corrected chi connectivity index (χ2v) is 6.31. The lowest BCUT2D eigenvalue weighted by Crippen LogP contribution is -2.12. The average Bonchev–Trinajstić information content (AvgIpc) is 2.30. The number of phenolic OH excluding ortho intramolecular Hbond substituents is 1. The van der Waals surface area contributed by atoms with E-state index in [0.29, 0.717) is 24.3 Å². The molecule has 96 valence electrons. The van der Waals surface area contributed by atoms with Gasteiger partial charge in [0.15, 0.2) is 0 Å². The van der Waals surface area contributed by atoms with E-state index in [-0.39, 0.29) is 17.3 Å². The molecule has 0 saturated carbocycles. The molecule has 0 aliphatic carbocycles. The molecule has 4 nitrogen and oxygen atoms in total. The van der Waals surface area contributed by atoms with Crippen molar-refractivity contribution in [2.75, 3.05) is 18.1 Å². The van der Waals surface area contributed by atoms with E-state index in [1.165, 1.54) is 0 Å². The minimum absolute atomic E-state index is 0.140. The van der Waals surface area contributed by atoms with Gasteiger partial charge in [0.25, 0.3) is 0 Å². The Labute approximate surface area is 102 Å². The third-order valence-electron chi connectivity index (χ3n) is 2.55. The van der Waals surface area contributed by atoms with Gasteiger partial charge in [0, 0.05) is 11.3 Å².